The summed E-state index contributed by atoms with van der Waals surface area (Å²) in [6.07, 6.45) is 1.07. The van der Waals surface area contributed by atoms with Crippen LogP contribution in [0.3, 0.4) is 0 Å². The Hall–Kier alpha value is -2.76. The zero-order chi connectivity index (χ0) is 18.6. The molecule has 0 saturated heterocycles. The summed E-state index contributed by atoms with van der Waals surface area (Å²) in [7, 11) is -3.86. The molecule has 26 heavy (non-hydrogen) atoms. The topological polar surface area (TPSA) is 123 Å². The van der Waals surface area contributed by atoms with Crippen molar-refractivity contribution in [3.05, 3.63) is 66.0 Å². The molecule has 136 valence electrons. The van der Waals surface area contributed by atoms with Crippen LogP contribution in [0.5, 0.6) is 0 Å². The van der Waals surface area contributed by atoms with Crippen LogP contribution in [0, 0.1) is 5.82 Å². The largest absolute Gasteiger partial charge is 0.394 e. The maximum absolute atomic E-state index is 12.9. The van der Waals surface area contributed by atoms with Gasteiger partial charge in [0.2, 0.25) is 10.0 Å². The Labute approximate surface area is 148 Å². The zero-order valence-corrected chi connectivity index (χ0v) is 14.2. The van der Waals surface area contributed by atoms with E-state index in [0.717, 1.165) is 6.20 Å². The van der Waals surface area contributed by atoms with Crippen LogP contribution in [-0.4, -0.2) is 45.3 Å². The highest BCUT2D eigenvalue weighted by Crippen LogP contribution is 2.13. The standard InChI is InChI=1S/C15H15FN6O3S/c16-11-6-7-12(17-8-11)9-22-19-15(18-21-22)14(10-23)20-26(24,25)13-4-2-1-3-5-13/h1-8,14,20,23H,9-10H2. The van der Waals surface area contributed by atoms with E-state index in [9.17, 15) is 17.9 Å². The Morgan fingerprint density at radius 2 is 1.96 bits per heavy atom. The van der Waals surface area contributed by atoms with Crippen molar-refractivity contribution >= 4 is 10.0 Å². The van der Waals surface area contributed by atoms with Crippen molar-refractivity contribution in [2.45, 2.75) is 17.5 Å². The molecule has 2 heterocycles. The lowest BCUT2D eigenvalue weighted by Gasteiger charge is -2.12. The first-order valence-corrected chi connectivity index (χ1v) is 9.02. The number of aliphatic hydroxyl groups excluding tert-OH is 1. The van der Waals surface area contributed by atoms with Crippen LogP contribution in [0.1, 0.15) is 17.6 Å². The van der Waals surface area contributed by atoms with E-state index in [0.29, 0.717) is 5.69 Å². The summed E-state index contributed by atoms with van der Waals surface area (Å²) in [6, 6.07) is 9.40. The maximum atomic E-state index is 12.9. The van der Waals surface area contributed by atoms with Gasteiger partial charge in [0.25, 0.3) is 0 Å². The number of benzene rings is 1. The van der Waals surface area contributed by atoms with Gasteiger partial charge in [0.05, 0.1) is 23.4 Å². The van der Waals surface area contributed by atoms with Gasteiger partial charge in [-0.15, -0.1) is 10.2 Å². The van der Waals surface area contributed by atoms with Gasteiger partial charge < -0.3 is 5.11 Å². The fraction of sp³-hybridized carbons (Fsp3) is 0.200. The molecule has 1 aromatic carbocycles. The summed E-state index contributed by atoms with van der Waals surface area (Å²) in [5.41, 5.74) is 0.501. The Balaban J connectivity index is 1.75. The van der Waals surface area contributed by atoms with Crippen LogP contribution in [0.15, 0.2) is 53.6 Å². The van der Waals surface area contributed by atoms with Crippen molar-refractivity contribution in [2.24, 2.45) is 0 Å². The van der Waals surface area contributed by atoms with Crippen molar-refractivity contribution in [1.29, 1.82) is 0 Å². The summed E-state index contributed by atoms with van der Waals surface area (Å²) >= 11 is 0. The molecule has 1 atom stereocenters. The van der Waals surface area contributed by atoms with Crippen molar-refractivity contribution < 1.29 is 17.9 Å². The molecule has 11 heteroatoms. The molecule has 0 bridgehead atoms. The van der Waals surface area contributed by atoms with Gasteiger partial charge in [-0.1, -0.05) is 18.2 Å². The fourth-order valence-corrected chi connectivity index (χ4v) is 3.34. The number of pyridine rings is 1. The highest BCUT2D eigenvalue weighted by atomic mass is 32.2. The molecular formula is C15H15FN6O3S. The maximum Gasteiger partial charge on any atom is 0.241 e. The van der Waals surface area contributed by atoms with Crippen LogP contribution < -0.4 is 4.72 Å². The van der Waals surface area contributed by atoms with Gasteiger partial charge in [-0.2, -0.15) is 9.52 Å². The Morgan fingerprint density at radius 3 is 2.62 bits per heavy atom. The van der Waals surface area contributed by atoms with E-state index in [4.69, 9.17) is 0 Å². The van der Waals surface area contributed by atoms with Crippen molar-refractivity contribution in [2.75, 3.05) is 6.61 Å². The minimum absolute atomic E-state index is 0.00844. The Kier molecular flexibility index (Phi) is 5.30. The zero-order valence-electron chi connectivity index (χ0n) is 13.4. The van der Waals surface area contributed by atoms with Gasteiger partial charge in [-0.05, 0) is 29.5 Å². The van der Waals surface area contributed by atoms with Gasteiger partial charge in [-0.3, -0.25) is 4.98 Å². The summed E-state index contributed by atoms with van der Waals surface area (Å²) in [5.74, 6) is -0.453. The predicted octanol–water partition coefficient (Wildman–Crippen LogP) is 0.267. The highest BCUT2D eigenvalue weighted by Gasteiger charge is 2.24. The van der Waals surface area contributed by atoms with Crippen LogP contribution in [0.25, 0.3) is 0 Å². The van der Waals surface area contributed by atoms with E-state index in [2.05, 4.69) is 25.1 Å². The number of nitrogens with zero attached hydrogens (tertiary/aromatic N) is 5. The van der Waals surface area contributed by atoms with Crippen LogP contribution >= 0.6 is 0 Å². The van der Waals surface area contributed by atoms with Crippen LogP contribution in [-0.2, 0) is 16.6 Å². The number of halogens is 1. The van der Waals surface area contributed by atoms with E-state index in [1.54, 1.807) is 18.2 Å². The number of sulfonamides is 1. The van der Waals surface area contributed by atoms with E-state index >= 15 is 0 Å². The minimum atomic E-state index is -3.86. The summed E-state index contributed by atoms with van der Waals surface area (Å²) in [6.45, 7) is -0.427. The summed E-state index contributed by atoms with van der Waals surface area (Å²) in [5, 5.41) is 21.1. The molecule has 0 aliphatic carbocycles. The minimum Gasteiger partial charge on any atom is -0.394 e. The number of hydrogen-bond acceptors (Lipinski definition) is 7. The predicted molar refractivity (Wildman–Crippen MR) is 87.7 cm³/mol. The molecule has 0 radical (unpaired) electrons. The number of aliphatic hydroxyl groups is 1. The van der Waals surface area contributed by atoms with Gasteiger partial charge >= 0.3 is 0 Å². The second-order valence-corrected chi connectivity index (χ2v) is 7.03. The molecule has 0 fully saturated rings. The number of tetrazole rings is 1. The smallest absolute Gasteiger partial charge is 0.241 e. The average molecular weight is 378 g/mol. The van der Waals surface area contributed by atoms with Crippen LogP contribution in [0.4, 0.5) is 4.39 Å². The van der Waals surface area contributed by atoms with E-state index in [1.165, 1.54) is 29.1 Å². The van der Waals surface area contributed by atoms with Crippen molar-refractivity contribution in [3.8, 4) is 0 Å². The lowest BCUT2D eigenvalue weighted by molar-refractivity contribution is 0.253. The quantitative estimate of drug-likeness (QED) is 0.605. The van der Waals surface area contributed by atoms with Crippen molar-refractivity contribution in [1.82, 2.24) is 29.9 Å². The lowest BCUT2D eigenvalue weighted by atomic mass is 10.3. The van der Waals surface area contributed by atoms with E-state index in [1.807, 2.05) is 0 Å². The first-order valence-electron chi connectivity index (χ1n) is 7.54. The van der Waals surface area contributed by atoms with Crippen LogP contribution in [0.2, 0.25) is 0 Å². The Morgan fingerprint density at radius 1 is 1.19 bits per heavy atom. The van der Waals surface area contributed by atoms with Gasteiger partial charge in [0.15, 0.2) is 5.82 Å². The summed E-state index contributed by atoms with van der Waals surface area (Å²) in [4.78, 5) is 5.11. The molecular weight excluding hydrogens is 363 g/mol. The monoisotopic (exact) mass is 378 g/mol. The second-order valence-electron chi connectivity index (χ2n) is 5.32. The highest BCUT2D eigenvalue weighted by molar-refractivity contribution is 7.89. The molecule has 0 aliphatic heterocycles. The molecule has 1 unspecified atom stereocenters. The fourth-order valence-electron chi connectivity index (χ4n) is 2.13. The molecule has 2 N–H and O–H groups in total. The molecule has 0 aliphatic rings. The van der Waals surface area contributed by atoms with Gasteiger partial charge in [0, 0.05) is 0 Å². The molecule has 0 amide bonds. The van der Waals surface area contributed by atoms with E-state index < -0.39 is 28.5 Å². The third-order valence-corrected chi connectivity index (χ3v) is 4.89. The third-order valence-electron chi connectivity index (χ3n) is 3.41. The number of hydrogen-bond donors (Lipinski definition) is 2. The normalized spacial score (nSPS) is 12.8. The first-order chi connectivity index (χ1) is 12.5. The molecule has 3 aromatic rings. The average Bonchev–Trinajstić information content (AvgIpc) is 3.11. The lowest BCUT2D eigenvalue weighted by Crippen LogP contribution is -2.31. The van der Waals surface area contributed by atoms with E-state index in [-0.39, 0.29) is 17.3 Å². The third kappa shape index (κ3) is 4.25. The molecule has 0 saturated carbocycles. The van der Waals surface area contributed by atoms with Crippen molar-refractivity contribution in [3.63, 3.8) is 0 Å². The number of nitrogens with one attached hydrogen (secondary N) is 1. The van der Waals surface area contributed by atoms with Gasteiger partial charge in [0.1, 0.15) is 18.4 Å². The first kappa shape index (κ1) is 18.0. The molecule has 2 aromatic heterocycles. The second kappa shape index (κ2) is 7.64. The van der Waals surface area contributed by atoms with Gasteiger partial charge in [-0.25, -0.2) is 12.8 Å². The molecule has 0 spiro atoms. The molecule has 3 rings (SSSR count). The summed E-state index contributed by atoms with van der Waals surface area (Å²) < 4.78 is 39.9. The molecule has 9 nitrogen and oxygen atoms in total. The Bertz CT molecular complexity index is 963. The SMILES string of the molecule is O=S(=O)(NC(CO)c1nnn(Cc2ccc(F)cn2)n1)c1ccccc1. The number of aromatic nitrogens is 5. The number of rotatable bonds is 7.